The van der Waals surface area contributed by atoms with Crippen LogP contribution in [0.5, 0.6) is 0 Å². The van der Waals surface area contributed by atoms with Crippen molar-refractivity contribution in [2.75, 3.05) is 13.1 Å². The van der Waals surface area contributed by atoms with E-state index >= 15 is 0 Å². The molecular weight excluding hydrogens is 206 g/mol. The summed E-state index contributed by atoms with van der Waals surface area (Å²) in [6.07, 6.45) is 7.00. The van der Waals surface area contributed by atoms with Crippen molar-refractivity contribution in [3.63, 3.8) is 0 Å². The van der Waals surface area contributed by atoms with Gasteiger partial charge in [0.15, 0.2) is 0 Å². The maximum atomic E-state index is 8.71. The average molecular weight is 221 g/mol. The van der Waals surface area contributed by atoms with Crippen molar-refractivity contribution >= 4 is 11.3 Å². The normalized spacial score (nSPS) is 18.3. The van der Waals surface area contributed by atoms with E-state index in [9.17, 15) is 0 Å². The molecule has 1 aromatic rings. The summed E-state index contributed by atoms with van der Waals surface area (Å²) in [7, 11) is 0. The highest BCUT2D eigenvalue weighted by atomic mass is 32.1. The van der Waals surface area contributed by atoms with Crippen molar-refractivity contribution in [2.45, 2.75) is 32.2 Å². The lowest BCUT2D eigenvalue weighted by Gasteiger charge is -2.17. The molecule has 80 valence electrons. The molecule has 0 bridgehead atoms. The van der Waals surface area contributed by atoms with E-state index in [0.29, 0.717) is 0 Å². The van der Waals surface area contributed by atoms with Gasteiger partial charge in [0, 0.05) is 0 Å². The third-order valence-corrected chi connectivity index (χ3v) is 3.61. The summed E-state index contributed by atoms with van der Waals surface area (Å²) < 4.78 is 0. The number of thiazole rings is 1. The molecule has 0 N–H and O–H groups in total. The molecule has 0 amide bonds. The van der Waals surface area contributed by atoms with E-state index in [1.54, 1.807) is 6.20 Å². The summed E-state index contributed by atoms with van der Waals surface area (Å²) in [6.45, 7) is 3.29. The van der Waals surface area contributed by atoms with Crippen LogP contribution in [0, 0.1) is 11.3 Å². The number of aromatic nitrogens is 1. The largest absolute Gasteiger partial charge is 0.297 e. The molecule has 3 nitrogen and oxygen atoms in total. The van der Waals surface area contributed by atoms with Gasteiger partial charge in [-0.25, -0.2) is 4.98 Å². The smallest absolute Gasteiger partial charge is 0.124 e. The highest BCUT2D eigenvalue weighted by Crippen LogP contribution is 2.16. The van der Waals surface area contributed by atoms with Crippen molar-refractivity contribution in [3.05, 3.63) is 16.1 Å². The van der Waals surface area contributed by atoms with Crippen molar-refractivity contribution in [1.29, 1.82) is 5.26 Å². The summed E-state index contributed by atoms with van der Waals surface area (Å²) in [5.41, 5.74) is 0. The van der Waals surface area contributed by atoms with Gasteiger partial charge in [-0.15, -0.1) is 11.3 Å². The second-order valence-corrected chi connectivity index (χ2v) is 5.04. The predicted octanol–water partition coefficient (Wildman–Crippen LogP) is 2.39. The molecule has 2 rings (SSSR count). The van der Waals surface area contributed by atoms with Gasteiger partial charge < -0.3 is 0 Å². The molecule has 1 aliphatic heterocycles. The molecule has 0 unspecified atom stereocenters. The number of nitriles is 1. The van der Waals surface area contributed by atoms with Gasteiger partial charge in [-0.05, 0) is 25.9 Å². The third-order valence-electron chi connectivity index (χ3n) is 2.72. The van der Waals surface area contributed by atoms with E-state index in [0.717, 1.165) is 16.4 Å². The van der Waals surface area contributed by atoms with E-state index in [-0.39, 0.29) is 0 Å². The number of rotatable bonds is 2. The zero-order valence-corrected chi connectivity index (χ0v) is 9.59. The highest BCUT2D eigenvalue weighted by molar-refractivity contribution is 7.12. The van der Waals surface area contributed by atoms with Gasteiger partial charge >= 0.3 is 0 Å². The van der Waals surface area contributed by atoms with Crippen LogP contribution in [-0.4, -0.2) is 23.0 Å². The number of hydrogen-bond donors (Lipinski definition) is 0. The maximum Gasteiger partial charge on any atom is 0.124 e. The van der Waals surface area contributed by atoms with E-state index in [1.807, 2.05) is 0 Å². The summed E-state index contributed by atoms with van der Waals surface area (Å²) in [5, 5.41) is 9.79. The SMILES string of the molecule is N#Cc1cnc(CN2CCCCCC2)s1. The molecule has 15 heavy (non-hydrogen) atoms. The molecule has 0 saturated carbocycles. The lowest BCUT2D eigenvalue weighted by Crippen LogP contribution is -2.23. The van der Waals surface area contributed by atoms with Gasteiger partial charge in [0.25, 0.3) is 0 Å². The summed E-state index contributed by atoms with van der Waals surface area (Å²) in [5.74, 6) is 0. The van der Waals surface area contributed by atoms with Gasteiger partial charge in [-0.2, -0.15) is 5.26 Å². The van der Waals surface area contributed by atoms with Gasteiger partial charge in [0.2, 0.25) is 0 Å². The Morgan fingerprint density at radius 2 is 2.07 bits per heavy atom. The van der Waals surface area contributed by atoms with E-state index in [1.165, 1.54) is 50.1 Å². The van der Waals surface area contributed by atoms with Crippen molar-refractivity contribution in [2.24, 2.45) is 0 Å². The van der Waals surface area contributed by atoms with Crippen molar-refractivity contribution < 1.29 is 0 Å². The lowest BCUT2D eigenvalue weighted by atomic mass is 10.2. The lowest BCUT2D eigenvalue weighted by molar-refractivity contribution is 0.276. The Morgan fingerprint density at radius 1 is 1.33 bits per heavy atom. The molecule has 0 aliphatic carbocycles. The molecule has 1 aliphatic rings. The van der Waals surface area contributed by atoms with Gasteiger partial charge in [-0.3, -0.25) is 4.90 Å². The monoisotopic (exact) mass is 221 g/mol. The first-order chi connectivity index (χ1) is 7.38. The molecule has 0 atom stereocenters. The number of hydrogen-bond acceptors (Lipinski definition) is 4. The van der Waals surface area contributed by atoms with Gasteiger partial charge in [-0.1, -0.05) is 12.8 Å². The van der Waals surface area contributed by atoms with Crippen LogP contribution in [0.25, 0.3) is 0 Å². The highest BCUT2D eigenvalue weighted by Gasteiger charge is 2.11. The zero-order valence-electron chi connectivity index (χ0n) is 8.78. The first-order valence-electron chi connectivity index (χ1n) is 5.45. The van der Waals surface area contributed by atoms with E-state index in [2.05, 4.69) is 16.0 Å². The summed E-state index contributed by atoms with van der Waals surface area (Å²) >= 11 is 1.52. The van der Waals surface area contributed by atoms with Crippen LogP contribution in [0.3, 0.4) is 0 Å². The van der Waals surface area contributed by atoms with Crippen LogP contribution >= 0.6 is 11.3 Å². The fourth-order valence-electron chi connectivity index (χ4n) is 1.92. The Hall–Kier alpha value is -0.920. The van der Waals surface area contributed by atoms with Crippen LogP contribution in [0.4, 0.5) is 0 Å². The van der Waals surface area contributed by atoms with Crippen LogP contribution < -0.4 is 0 Å². The van der Waals surface area contributed by atoms with Gasteiger partial charge in [0.05, 0.1) is 12.7 Å². The maximum absolute atomic E-state index is 8.71. The number of likely N-dealkylation sites (tertiary alicyclic amines) is 1. The average Bonchev–Trinajstić information content (AvgIpc) is 2.54. The fourth-order valence-corrected chi connectivity index (χ4v) is 2.68. The summed E-state index contributed by atoms with van der Waals surface area (Å²) in [6, 6.07) is 2.13. The Bertz CT molecular complexity index is 345. The quantitative estimate of drug-likeness (QED) is 0.770. The fraction of sp³-hybridized carbons (Fsp3) is 0.636. The molecule has 2 heterocycles. The second-order valence-electron chi connectivity index (χ2n) is 3.92. The minimum atomic E-state index is 0.722. The van der Waals surface area contributed by atoms with E-state index in [4.69, 9.17) is 5.26 Å². The first-order valence-corrected chi connectivity index (χ1v) is 6.27. The minimum Gasteiger partial charge on any atom is -0.297 e. The molecular formula is C11H15N3S. The van der Waals surface area contributed by atoms with Crippen molar-refractivity contribution in [3.8, 4) is 6.07 Å². The van der Waals surface area contributed by atoms with Gasteiger partial charge in [0.1, 0.15) is 16.0 Å². The van der Waals surface area contributed by atoms with E-state index < -0.39 is 0 Å². The molecule has 0 aromatic carbocycles. The Morgan fingerprint density at radius 3 is 2.67 bits per heavy atom. The molecule has 1 fully saturated rings. The third kappa shape index (κ3) is 3.01. The Labute approximate surface area is 94.4 Å². The predicted molar refractivity (Wildman–Crippen MR) is 60.6 cm³/mol. The molecule has 0 radical (unpaired) electrons. The zero-order chi connectivity index (χ0) is 10.5. The van der Waals surface area contributed by atoms with Crippen LogP contribution in [-0.2, 0) is 6.54 Å². The first kappa shape index (κ1) is 10.6. The molecule has 1 aromatic heterocycles. The summed E-state index contributed by atoms with van der Waals surface area (Å²) in [4.78, 5) is 7.44. The molecule has 0 spiro atoms. The van der Waals surface area contributed by atoms with Crippen LogP contribution in [0.2, 0.25) is 0 Å². The molecule has 1 saturated heterocycles. The topological polar surface area (TPSA) is 39.9 Å². The molecule has 4 heteroatoms. The van der Waals surface area contributed by atoms with Crippen LogP contribution in [0.1, 0.15) is 35.6 Å². The minimum absolute atomic E-state index is 0.722. The van der Waals surface area contributed by atoms with Crippen LogP contribution in [0.15, 0.2) is 6.20 Å². The standard InChI is InChI=1S/C11H15N3S/c12-7-10-8-13-11(15-10)9-14-5-3-1-2-4-6-14/h8H,1-6,9H2. The number of nitrogens with zero attached hydrogens (tertiary/aromatic N) is 3. The van der Waals surface area contributed by atoms with Crippen molar-refractivity contribution in [1.82, 2.24) is 9.88 Å². The Balaban J connectivity index is 1.92. The second kappa shape index (κ2) is 5.24. The Kier molecular flexibility index (Phi) is 3.70.